The van der Waals surface area contributed by atoms with Gasteiger partial charge in [0.25, 0.3) is 5.91 Å². The van der Waals surface area contributed by atoms with Gasteiger partial charge in [-0.3, -0.25) is 4.79 Å². The van der Waals surface area contributed by atoms with Crippen LogP contribution in [0.5, 0.6) is 5.75 Å². The molecule has 1 amide bonds. The minimum atomic E-state index is -1.96. The Balaban J connectivity index is 1.65. The van der Waals surface area contributed by atoms with Gasteiger partial charge in [0.2, 0.25) is 5.60 Å². The zero-order valence-electron chi connectivity index (χ0n) is 21.8. The number of nitrogens with zero attached hydrogens (tertiary/aromatic N) is 2. The number of nitrogens with one attached hydrogen (secondary N) is 1. The molecule has 198 valence electrons. The van der Waals surface area contributed by atoms with E-state index in [1.54, 1.807) is 6.92 Å². The van der Waals surface area contributed by atoms with Gasteiger partial charge in [-0.05, 0) is 43.2 Å². The predicted molar refractivity (Wildman–Crippen MR) is 145 cm³/mol. The first-order valence-electron chi connectivity index (χ1n) is 13.3. The van der Waals surface area contributed by atoms with Crippen LogP contribution in [0.25, 0.3) is 43.6 Å². The van der Waals surface area contributed by atoms with E-state index < -0.39 is 23.5 Å². The first-order valence-corrected chi connectivity index (χ1v) is 13.3. The first kappa shape index (κ1) is 22.9. The summed E-state index contributed by atoms with van der Waals surface area (Å²) in [5.74, 6) is -0.144. The minimum Gasteiger partial charge on any atom is -0.494 e. The fourth-order valence-electron chi connectivity index (χ4n) is 7.23. The molecule has 3 aliphatic rings. The zero-order chi connectivity index (χ0) is 26.8. The largest absolute Gasteiger partial charge is 0.494 e. The van der Waals surface area contributed by atoms with Gasteiger partial charge in [0.1, 0.15) is 12.0 Å². The van der Waals surface area contributed by atoms with Crippen LogP contribution in [0.4, 0.5) is 0 Å². The fraction of sp³-hybridized carbons (Fsp3) is 0.333. The van der Waals surface area contributed by atoms with Gasteiger partial charge in [-0.25, -0.2) is 4.79 Å². The normalized spacial score (nSPS) is 25.1. The third-order valence-electron chi connectivity index (χ3n) is 8.89. The second kappa shape index (κ2) is 7.31. The van der Waals surface area contributed by atoms with Crippen molar-refractivity contribution in [2.75, 3.05) is 13.7 Å². The molecule has 5 aromatic rings. The lowest BCUT2D eigenvalue weighted by molar-refractivity contribution is -0.202. The number of carbonyl (C=O) groups is 2. The van der Waals surface area contributed by atoms with Crippen molar-refractivity contribution >= 4 is 55.5 Å². The molecule has 3 atom stereocenters. The Morgan fingerprint density at radius 2 is 1.97 bits per heavy atom. The van der Waals surface area contributed by atoms with Crippen LogP contribution >= 0.6 is 0 Å². The van der Waals surface area contributed by atoms with E-state index in [4.69, 9.17) is 14.2 Å². The van der Waals surface area contributed by atoms with Crippen LogP contribution in [0.3, 0.4) is 0 Å². The van der Waals surface area contributed by atoms with Crippen LogP contribution in [0.2, 0.25) is 0 Å². The van der Waals surface area contributed by atoms with Gasteiger partial charge in [-0.15, -0.1) is 0 Å². The van der Waals surface area contributed by atoms with Gasteiger partial charge in [0.05, 0.1) is 41.3 Å². The molecule has 3 aromatic carbocycles. The molecule has 3 aliphatic heterocycles. The SMILES string of the molecule is CCCOc1ccc2c(c1)c1c3c(c4c5ccccc5n5c4c1n2[C@@H]1C[C@@](O)(C(=O)OC)[C@@]5(C)O1)CNC3=O. The van der Waals surface area contributed by atoms with Crippen LogP contribution in [0, 0.1) is 0 Å². The Labute approximate surface area is 222 Å². The van der Waals surface area contributed by atoms with Crippen LogP contribution in [0.1, 0.15) is 48.8 Å². The molecule has 0 radical (unpaired) electrons. The van der Waals surface area contributed by atoms with Crippen molar-refractivity contribution in [2.24, 2.45) is 0 Å². The van der Waals surface area contributed by atoms with Gasteiger partial charge in [-0.1, -0.05) is 25.1 Å². The maximum atomic E-state index is 13.4. The number of benzene rings is 3. The highest BCUT2D eigenvalue weighted by Crippen LogP contribution is 2.57. The molecule has 0 saturated carbocycles. The average Bonchev–Trinajstić information content (AvgIpc) is 3.63. The van der Waals surface area contributed by atoms with Gasteiger partial charge in [0.15, 0.2) is 5.72 Å². The monoisotopic (exact) mass is 525 g/mol. The van der Waals surface area contributed by atoms with Crippen LogP contribution < -0.4 is 10.1 Å². The molecule has 0 spiro atoms. The van der Waals surface area contributed by atoms with Crippen molar-refractivity contribution in [1.29, 1.82) is 0 Å². The van der Waals surface area contributed by atoms with Crippen molar-refractivity contribution in [3.63, 3.8) is 0 Å². The highest BCUT2D eigenvalue weighted by atomic mass is 16.6. The van der Waals surface area contributed by atoms with Crippen LogP contribution in [-0.2, 0) is 26.5 Å². The summed E-state index contributed by atoms with van der Waals surface area (Å²) in [4.78, 5) is 26.7. The number of aromatic nitrogens is 2. The summed E-state index contributed by atoms with van der Waals surface area (Å²) >= 11 is 0. The molecule has 1 saturated heterocycles. The Hall–Kier alpha value is -4.08. The molecule has 2 aromatic heterocycles. The minimum absolute atomic E-state index is 0.0140. The number of hydrogen-bond donors (Lipinski definition) is 2. The van der Waals surface area contributed by atoms with Gasteiger partial charge < -0.3 is 33.8 Å². The van der Waals surface area contributed by atoms with E-state index in [0.717, 1.165) is 61.3 Å². The molecular formula is C30H27N3O6. The molecule has 1 fully saturated rings. The van der Waals surface area contributed by atoms with Crippen molar-refractivity contribution in [3.8, 4) is 5.75 Å². The van der Waals surface area contributed by atoms with Crippen molar-refractivity contribution < 1.29 is 28.9 Å². The van der Waals surface area contributed by atoms with E-state index in [0.29, 0.717) is 18.7 Å². The molecule has 39 heavy (non-hydrogen) atoms. The Kier molecular flexibility index (Phi) is 4.28. The second-order valence-electron chi connectivity index (χ2n) is 10.8. The maximum absolute atomic E-state index is 13.4. The third kappa shape index (κ3) is 2.49. The Morgan fingerprint density at radius 1 is 1.15 bits per heavy atom. The fourth-order valence-corrected chi connectivity index (χ4v) is 7.23. The van der Waals surface area contributed by atoms with Gasteiger partial charge in [-0.2, -0.15) is 0 Å². The van der Waals surface area contributed by atoms with Gasteiger partial charge >= 0.3 is 5.97 Å². The van der Waals surface area contributed by atoms with Crippen LogP contribution in [0.15, 0.2) is 42.5 Å². The summed E-state index contributed by atoms with van der Waals surface area (Å²) in [5.41, 5.74) is 1.43. The quantitative estimate of drug-likeness (QED) is 0.336. The molecule has 5 heterocycles. The smallest absolute Gasteiger partial charge is 0.343 e. The molecule has 0 unspecified atom stereocenters. The highest BCUT2D eigenvalue weighted by Gasteiger charge is 2.65. The molecule has 8 rings (SSSR count). The molecule has 2 N–H and O–H groups in total. The first-order chi connectivity index (χ1) is 18.8. The van der Waals surface area contributed by atoms with Gasteiger partial charge in [0, 0.05) is 34.5 Å². The second-order valence-corrected chi connectivity index (χ2v) is 10.8. The van der Waals surface area contributed by atoms with E-state index in [1.807, 2.05) is 51.6 Å². The summed E-state index contributed by atoms with van der Waals surface area (Å²) < 4.78 is 21.9. The van der Waals surface area contributed by atoms with E-state index in [1.165, 1.54) is 7.11 Å². The molecular weight excluding hydrogens is 498 g/mol. The number of rotatable bonds is 4. The number of esters is 1. The number of amides is 1. The van der Waals surface area contributed by atoms with E-state index in [9.17, 15) is 14.7 Å². The molecule has 9 heteroatoms. The predicted octanol–water partition coefficient (Wildman–Crippen LogP) is 4.44. The van der Waals surface area contributed by atoms with Crippen molar-refractivity contribution in [1.82, 2.24) is 14.5 Å². The molecule has 0 aliphatic carbocycles. The standard InChI is InChI=1S/C30H27N3O6/c1-4-11-38-15-9-10-19-17(12-15)23-24-18(14-31-27(24)34)22-16-7-5-6-8-20(16)33-26(22)25(23)32(19)21-13-30(36,28(35)37-3)29(33,2)39-21/h5-10,12,21,36H,4,11,13-14H2,1-3H3,(H,31,34)/t21-,29+,30+/m0/s1. The summed E-state index contributed by atoms with van der Waals surface area (Å²) in [6.45, 7) is 4.77. The van der Waals surface area contributed by atoms with E-state index >= 15 is 0 Å². The topological polar surface area (TPSA) is 104 Å². The van der Waals surface area contributed by atoms with Crippen molar-refractivity contribution in [3.05, 3.63) is 53.6 Å². The van der Waals surface area contributed by atoms with Crippen molar-refractivity contribution in [2.45, 2.75) is 50.8 Å². The average molecular weight is 526 g/mol. The number of aliphatic hydroxyl groups is 1. The van der Waals surface area contributed by atoms with E-state index in [-0.39, 0.29) is 12.3 Å². The molecule has 9 nitrogen and oxygen atoms in total. The number of fused-ring (bicyclic) bond motifs is 13. The number of para-hydroxylation sites is 1. The Bertz CT molecular complexity index is 1940. The zero-order valence-corrected chi connectivity index (χ0v) is 21.8. The molecule has 2 bridgehead atoms. The van der Waals surface area contributed by atoms with Crippen LogP contribution in [-0.4, -0.2) is 45.4 Å². The summed E-state index contributed by atoms with van der Waals surface area (Å²) in [6, 6.07) is 13.7. The van der Waals surface area contributed by atoms with E-state index in [2.05, 4.69) is 12.2 Å². The number of ether oxygens (including phenoxy) is 3. The number of carbonyl (C=O) groups excluding carboxylic acids is 2. The highest BCUT2D eigenvalue weighted by molar-refractivity contribution is 6.31. The lowest BCUT2D eigenvalue weighted by Gasteiger charge is -2.37. The number of hydrogen-bond acceptors (Lipinski definition) is 6. The third-order valence-corrected chi connectivity index (χ3v) is 8.89. The summed E-state index contributed by atoms with van der Waals surface area (Å²) in [7, 11) is 1.28. The summed E-state index contributed by atoms with van der Waals surface area (Å²) in [6.07, 6.45) is 0.171. The summed E-state index contributed by atoms with van der Waals surface area (Å²) in [5, 5.41) is 18.7. The maximum Gasteiger partial charge on any atom is 0.343 e. The number of methoxy groups -OCH3 is 1. The lowest BCUT2D eigenvalue weighted by Crippen LogP contribution is -2.56. The Morgan fingerprint density at radius 3 is 2.77 bits per heavy atom. The lowest BCUT2D eigenvalue weighted by atomic mass is 9.88.